The third-order valence-electron chi connectivity index (χ3n) is 2.78. The summed E-state index contributed by atoms with van der Waals surface area (Å²) in [6, 6.07) is 1.77. The molecule has 1 N–H and O–H groups in total. The minimum Gasteiger partial charge on any atom is -0.463 e. The van der Waals surface area contributed by atoms with Crippen LogP contribution in [-0.2, 0) is 24.8 Å². The molecule has 0 aliphatic carbocycles. The normalized spacial score (nSPS) is 10.6. The third-order valence-corrected chi connectivity index (χ3v) is 2.78. The zero-order valence-electron chi connectivity index (χ0n) is 11.0. The second-order valence-corrected chi connectivity index (χ2v) is 4.22. The molecule has 102 valence electrons. The standard InChI is InChI=1S/C13H17N3O3/c1-16-9-10(7-15-16)3-5-14-8-11-4-6-19-12(11)13(17)18-2/h4,6-7,9,14H,3,5,8H2,1-2H3. The van der Waals surface area contributed by atoms with Gasteiger partial charge in [0.05, 0.1) is 19.6 Å². The molecule has 0 aliphatic heterocycles. The third kappa shape index (κ3) is 3.45. The molecule has 0 spiro atoms. The lowest BCUT2D eigenvalue weighted by molar-refractivity contribution is 0.0563. The molecule has 0 saturated carbocycles. The monoisotopic (exact) mass is 263 g/mol. The molecule has 2 heterocycles. The van der Waals surface area contributed by atoms with Crippen molar-refractivity contribution in [1.29, 1.82) is 0 Å². The molecule has 0 atom stereocenters. The van der Waals surface area contributed by atoms with Crippen LogP contribution in [0.3, 0.4) is 0 Å². The van der Waals surface area contributed by atoms with Crippen LogP contribution in [-0.4, -0.2) is 29.4 Å². The number of aromatic nitrogens is 2. The number of aryl methyl sites for hydroxylation is 1. The highest BCUT2D eigenvalue weighted by Gasteiger charge is 2.14. The van der Waals surface area contributed by atoms with Crippen molar-refractivity contribution in [3.05, 3.63) is 41.6 Å². The summed E-state index contributed by atoms with van der Waals surface area (Å²) < 4.78 is 11.5. The number of ether oxygens (including phenoxy) is 1. The fourth-order valence-corrected chi connectivity index (χ4v) is 1.80. The van der Waals surface area contributed by atoms with E-state index in [0.29, 0.717) is 6.54 Å². The highest BCUT2D eigenvalue weighted by atomic mass is 16.5. The van der Waals surface area contributed by atoms with Gasteiger partial charge in [0.2, 0.25) is 5.76 Å². The molecule has 0 saturated heterocycles. The van der Waals surface area contributed by atoms with E-state index in [1.54, 1.807) is 10.7 Å². The molecular weight excluding hydrogens is 246 g/mol. The summed E-state index contributed by atoms with van der Waals surface area (Å²) in [7, 11) is 3.23. The molecule has 0 unspecified atom stereocenters. The summed E-state index contributed by atoms with van der Waals surface area (Å²) >= 11 is 0. The first kappa shape index (κ1) is 13.4. The van der Waals surface area contributed by atoms with E-state index < -0.39 is 5.97 Å². The molecule has 19 heavy (non-hydrogen) atoms. The van der Waals surface area contributed by atoms with Crippen LogP contribution in [0.4, 0.5) is 0 Å². The van der Waals surface area contributed by atoms with E-state index in [9.17, 15) is 4.79 Å². The quantitative estimate of drug-likeness (QED) is 0.625. The van der Waals surface area contributed by atoms with E-state index >= 15 is 0 Å². The summed E-state index contributed by atoms with van der Waals surface area (Å²) in [5.74, 6) is -0.189. The Balaban J connectivity index is 1.80. The largest absolute Gasteiger partial charge is 0.463 e. The number of furan rings is 1. The zero-order chi connectivity index (χ0) is 13.7. The Morgan fingerprint density at radius 1 is 1.58 bits per heavy atom. The first-order valence-corrected chi connectivity index (χ1v) is 6.03. The number of rotatable bonds is 6. The van der Waals surface area contributed by atoms with Crippen molar-refractivity contribution in [2.45, 2.75) is 13.0 Å². The van der Waals surface area contributed by atoms with Gasteiger partial charge in [0.15, 0.2) is 0 Å². The lowest BCUT2D eigenvalue weighted by Gasteiger charge is -2.03. The van der Waals surface area contributed by atoms with Crippen LogP contribution in [0, 0.1) is 0 Å². The van der Waals surface area contributed by atoms with Gasteiger partial charge >= 0.3 is 5.97 Å². The smallest absolute Gasteiger partial charge is 0.374 e. The van der Waals surface area contributed by atoms with Gasteiger partial charge in [-0.3, -0.25) is 4.68 Å². The molecule has 0 amide bonds. The predicted molar refractivity (Wildman–Crippen MR) is 68.7 cm³/mol. The molecule has 2 aromatic heterocycles. The van der Waals surface area contributed by atoms with Gasteiger partial charge in [0.1, 0.15) is 0 Å². The molecule has 2 aromatic rings. The predicted octanol–water partition coefficient (Wildman–Crippen LogP) is 1.13. The number of carbonyl (C=O) groups excluding carboxylic acids is 1. The molecule has 0 radical (unpaired) electrons. The summed E-state index contributed by atoms with van der Waals surface area (Å²) in [5.41, 5.74) is 1.98. The molecule has 6 nitrogen and oxygen atoms in total. The maximum absolute atomic E-state index is 11.4. The zero-order valence-corrected chi connectivity index (χ0v) is 11.0. The van der Waals surface area contributed by atoms with Crippen LogP contribution in [0.5, 0.6) is 0 Å². The van der Waals surface area contributed by atoms with Crippen molar-refractivity contribution in [2.24, 2.45) is 7.05 Å². The first-order valence-electron chi connectivity index (χ1n) is 6.03. The number of carbonyl (C=O) groups is 1. The average molecular weight is 263 g/mol. The van der Waals surface area contributed by atoms with E-state index in [4.69, 9.17) is 4.42 Å². The minimum atomic E-state index is -0.450. The maximum Gasteiger partial charge on any atom is 0.374 e. The van der Waals surface area contributed by atoms with Crippen molar-refractivity contribution in [1.82, 2.24) is 15.1 Å². The fraction of sp³-hybridized carbons (Fsp3) is 0.385. The Morgan fingerprint density at radius 2 is 2.42 bits per heavy atom. The number of nitrogens with one attached hydrogen (secondary N) is 1. The molecule has 0 aromatic carbocycles. The Bertz CT molecular complexity index is 545. The van der Waals surface area contributed by atoms with Gasteiger partial charge in [0, 0.05) is 25.4 Å². The van der Waals surface area contributed by atoms with E-state index in [-0.39, 0.29) is 5.76 Å². The first-order chi connectivity index (χ1) is 9.20. The van der Waals surface area contributed by atoms with Gasteiger partial charge in [0.25, 0.3) is 0 Å². The number of esters is 1. The van der Waals surface area contributed by atoms with Crippen molar-refractivity contribution < 1.29 is 13.9 Å². The second-order valence-electron chi connectivity index (χ2n) is 4.22. The average Bonchev–Trinajstić information content (AvgIpc) is 3.03. The van der Waals surface area contributed by atoms with Gasteiger partial charge in [-0.25, -0.2) is 4.79 Å². The van der Waals surface area contributed by atoms with Crippen LogP contribution < -0.4 is 5.32 Å². The van der Waals surface area contributed by atoms with Gasteiger partial charge in [-0.2, -0.15) is 5.10 Å². The van der Waals surface area contributed by atoms with Gasteiger partial charge < -0.3 is 14.5 Å². The van der Waals surface area contributed by atoms with Crippen LogP contribution in [0.2, 0.25) is 0 Å². The molecular formula is C13H17N3O3. The lowest BCUT2D eigenvalue weighted by atomic mass is 10.2. The highest BCUT2D eigenvalue weighted by Crippen LogP contribution is 2.11. The SMILES string of the molecule is COC(=O)c1occc1CNCCc1cnn(C)c1. The van der Waals surface area contributed by atoms with Crippen LogP contribution in [0.15, 0.2) is 29.1 Å². The number of hydrogen-bond donors (Lipinski definition) is 1. The van der Waals surface area contributed by atoms with Crippen molar-refractivity contribution in [3.63, 3.8) is 0 Å². The summed E-state index contributed by atoms with van der Waals surface area (Å²) in [5, 5.41) is 7.37. The summed E-state index contributed by atoms with van der Waals surface area (Å²) in [4.78, 5) is 11.4. The number of nitrogens with zero attached hydrogens (tertiary/aromatic N) is 2. The van der Waals surface area contributed by atoms with Crippen LogP contribution in [0.25, 0.3) is 0 Å². The number of hydrogen-bond acceptors (Lipinski definition) is 5. The summed E-state index contributed by atoms with van der Waals surface area (Å²) in [6.07, 6.45) is 6.21. The molecule has 2 rings (SSSR count). The van der Waals surface area contributed by atoms with Crippen LogP contribution in [0.1, 0.15) is 21.7 Å². The molecule has 0 fully saturated rings. The van der Waals surface area contributed by atoms with E-state index in [1.807, 2.05) is 19.4 Å². The van der Waals surface area contributed by atoms with Gasteiger partial charge in [-0.05, 0) is 24.6 Å². The summed E-state index contributed by atoms with van der Waals surface area (Å²) in [6.45, 7) is 1.37. The number of methoxy groups -OCH3 is 1. The molecule has 6 heteroatoms. The van der Waals surface area contributed by atoms with Crippen molar-refractivity contribution in [2.75, 3.05) is 13.7 Å². The second kappa shape index (κ2) is 6.19. The van der Waals surface area contributed by atoms with Crippen molar-refractivity contribution >= 4 is 5.97 Å². The minimum absolute atomic E-state index is 0.261. The van der Waals surface area contributed by atoms with Gasteiger partial charge in [-0.15, -0.1) is 0 Å². The van der Waals surface area contributed by atoms with Crippen molar-refractivity contribution in [3.8, 4) is 0 Å². The van der Waals surface area contributed by atoms with Crippen LogP contribution >= 0.6 is 0 Å². The fourth-order valence-electron chi connectivity index (χ4n) is 1.80. The molecule has 0 aliphatic rings. The topological polar surface area (TPSA) is 69.3 Å². The Kier molecular flexibility index (Phi) is 4.35. The van der Waals surface area contributed by atoms with E-state index in [0.717, 1.165) is 18.5 Å². The van der Waals surface area contributed by atoms with E-state index in [1.165, 1.54) is 18.9 Å². The highest BCUT2D eigenvalue weighted by molar-refractivity contribution is 5.87. The molecule has 0 bridgehead atoms. The Morgan fingerprint density at radius 3 is 3.11 bits per heavy atom. The van der Waals surface area contributed by atoms with Gasteiger partial charge in [-0.1, -0.05) is 0 Å². The van der Waals surface area contributed by atoms with E-state index in [2.05, 4.69) is 15.2 Å². The Hall–Kier alpha value is -2.08. The maximum atomic E-state index is 11.4. The lowest BCUT2D eigenvalue weighted by Crippen LogP contribution is -2.18. The Labute approximate surface area is 111 Å².